The van der Waals surface area contributed by atoms with Crippen molar-refractivity contribution in [2.24, 2.45) is 5.92 Å². The molecule has 0 amide bonds. The number of aromatic nitrogens is 3. The minimum Gasteiger partial charge on any atom is -0.394 e. The van der Waals surface area contributed by atoms with E-state index in [0.717, 1.165) is 6.26 Å². The molecular formula is C19H27ClFN5O3S. The van der Waals surface area contributed by atoms with Gasteiger partial charge in [0.2, 0.25) is 21.9 Å². The first kappa shape index (κ1) is 24.2. The van der Waals surface area contributed by atoms with E-state index >= 15 is 0 Å². The van der Waals surface area contributed by atoms with Crippen LogP contribution in [0.4, 0.5) is 16.3 Å². The molecular weight excluding hydrogens is 433 g/mol. The Morgan fingerprint density at radius 1 is 1.17 bits per heavy atom. The van der Waals surface area contributed by atoms with Crippen LogP contribution in [-0.2, 0) is 16.4 Å². The van der Waals surface area contributed by atoms with Gasteiger partial charge in [-0.05, 0) is 36.0 Å². The predicted molar refractivity (Wildman–Crippen MR) is 116 cm³/mol. The minimum atomic E-state index is -3.61. The molecule has 1 aromatic carbocycles. The molecule has 30 heavy (non-hydrogen) atoms. The summed E-state index contributed by atoms with van der Waals surface area (Å²) in [5.41, 5.74) is 0.444. The smallest absolute Gasteiger partial charge is 0.241 e. The van der Waals surface area contributed by atoms with Gasteiger partial charge < -0.3 is 10.4 Å². The zero-order valence-electron chi connectivity index (χ0n) is 17.4. The fourth-order valence-electron chi connectivity index (χ4n) is 3.00. The molecule has 2 aromatic rings. The average Bonchev–Trinajstić information content (AvgIpc) is 2.58. The number of nitrogens with one attached hydrogen (secondary N) is 2. The van der Waals surface area contributed by atoms with Gasteiger partial charge >= 0.3 is 0 Å². The number of hydrogen-bond acceptors (Lipinski definition) is 7. The summed E-state index contributed by atoms with van der Waals surface area (Å²) in [4.78, 5) is 12.6. The highest BCUT2D eigenvalue weighted by molar-refractivity contribution is 7.91. The Bertz CT molecular complexity index is 975. The van der Waals surface area contributed by atoms with Crippen molar-refractivity contribution in [3.8, 4) is 0 Å². The quantitative estimate of drug-likeness (QED) is 0.499. The zero-order valence-corrected chi connectivity index (χ0v) is 18.9. The highest BCUT2D eigenvalue weighted by atomic mass is 35.5. The lowest BCUT2D eigenvalue weighted by Crippen LogP contribution is -2.27. The van der Waals surface area contributed by atoms with Crippen molar-refractivity contribution in [3.63, 3.8) is 0 Å². The number of sulfonamides is 1. The normalized spacial score (nSPS) is 13.9. The molecule has 11 heteroatoms. The van der Waals surface area contributed by atoms with Crippen LogP contribution in [0.2, 0.25) is 5.02 Å². The molecule has 0 aliphatic carbocycles. The van der Waals surface area contributed by atoms with Gasteiger partial charge in [-0.1, -0.05) is 38.4 Å². The van der Waals surface area contributed by atoms with Crippen molar-refractivity contribution in [2.45, 2.75) is 45.6 Å². The average molecular weight is 460 g/mol. The first-order chi connectivity index (χ1) is 14.0. The molecule has 166 valence electrons. The SMILES string of the molecule is CC(C)CC(CO)Nc1nc(CC(C)c2ccc(Cl)cc2F)nc(NS(C)(=O)=O)n1. The van der Waals surface area contributed by atoms with Gasteiger partial charge in [0, 0.05) is 11.4 Å². The molecule has 0 spiro atoms. The Morgan fingerprint density at radius 2 is 1.83 bits per heavy atom. The molecule has 8 nitrogen and oxygen atoms in total. The van der Waals surface area contributed by atoms with Crippen molar-refractivity contribution < 1.29 is 17.9 Å². The molecule has 3 N–H and O–H groups in total. The number of hydrogen-bond donors (Lipinski definition) is 3. The number of aliphatic hydroxyl groups excluding tert-OH is 1. The maximum absolute atomic E-state index is 14.3. The van der Waals surface area contributed by atoms with Gasteiger partial charge in [0.1, 0.15) is 11.6 Å². The third kappa shape index (κ3) is 7.66. The third-order valence-electron chi connectivity index (χ3n) is 4.25. The Kier molecular flexibility index (Phi) is 8.34. The lowest BCUT2D eigenvalue weighted by atomic mass is 9.97. The second-order valence-electron chi connectivity index (χ2n) is 7.70. The Hall–Kier alpha value is -2.04. The summed E-state index contributed by atoms with van der Waals surface area (Å²) in [6, 6.07) is 4.13. The second kappa shape index (κ2) is 10.3. The van der Waals surface area contributed by atoms with E-state index in [-0.39, 0.29) is 42.7 Å². The maximum Gasteiger partial charge on any atom is 0.241 e. The predicted octanol–water partition coefficient (Wildman–Crippen LogP) is 3.20. The highest BCUT2D eigenvalue weighted by Gasteiger charge is 2.18. The Morgan fingerprint density at radius 3 is 2.40 bits per heavy atom. The van der Waals surface area contributed by atoms with E-state index in [1.807, 2.05) is 20.8 Å². The number of anilines is 2. The van der Waals surface area contributed by atoms with Crippen LogP contribution in [0.15, 0.2) is 18.2 Å². The summed E-state index contributed by atoms with van der Waals surface area (Å²) in [6.45, 7) is 5.70. The Balaban J connectivity index is 2.33. The molecule has 0 radical (unpaired) electrons. The lowest BCUT2D eigenvalue weighted by molar-refractivity contribution is 0.259. The number of aliphatic hydroxyl groups is 1. The van der Waals surface area contributed by atoms with Crippen LogP contribution in [0.25, 0.3) is 0 Å². The largest absolute Gasteiger partial charge is 0.394 e. The highest BCUT2D eigenvalue weighted by Crippen LogP contribution is 2.25. The summed E-state index contributed by atoms with van der Waals surface area (Å²) in [7, 11) is -3.61. The van der Waals surface area contributed by atoms with E-state index in [4.69, 9.17) is 11.6 Å². The molecule has 0 saturated carbocycles. The van der Waals surface area contributed by atoms with Crippen LogP contribution in [0.3, 0.4) is 0 Å². The molecule has 0 aliphatic heterocycles. The van der Waals surface area contributed by atoms with Crippen molar-refractivity contribution in [1.82, 2.24) is 15.0 Å². The summed E-state index contributed by atoms with van der Waals surface area (Å²) in [5.74, 6) is -0.147. The minimum absolute atomic E-state index is 0.134. The van der Waals surface area contributed by atoms with Crippen LogP contribution in [0.5, 0.6) is 0 Å². The van der Waals surface area contributed by atoms with Crippen LogP contribution >= 0.6 is 11.6 Å². The van der Waals surface area contributed by atoms with E-state index < -0.39 is 15.8 Å². The second-order valence-corrected chi connectivity index (χ2v) is 9.88. The molecule has 1 heterocycles. The van der Waals surface area contributed by atoms with E-state index in [0.29, 0.717) is 22.9 Å². The van der Waals surface area contributed by atoms with Gasteiger partial charge in [-0.15, -0.1) is 0 Å². The fraction of sp³-hybridized carbons (Fsp3) is 0.526. The van der Waals surface area contributed by atoms with Gasteiger partial charge in [-0.3, -0.25) is 4.72 Å². The first-order valence-electron chi connectivity index (χ1n) is 9.52. The Labute approximate surface area is 181 Å². The molecule has 2 atom stereocenters. The third-order valence-corrected chi connectivity index (χ3v) is 5.04. The number of halogens is 2. The van der Waals surface area contributed by atoms with Gasteiger partial charge in [0.25, 0.3) is 0 Å². The fourth-order valence-corrected chi connectivity index (χ4v) is 3.58. The standard InChI is InChI=1S/C19H27ClFN5O3S/c1-11(2)7-14(10-27)22-18-23-17(24-19(25-18)26-30(4,28)29)8-12(3)15-6-5-13(20)9-16(15)21/h5-6,9,11-12,14,27H,7-8,10H2,1-4H3,(H2,22,23,24,25,26). The van der Waals surface area contributed by atoms with E-state index in [9.17, 15) is 17.9 Å². The van der Waals surface area contributed by atoms with Crippen molar-refractivity contribution in [1.29, 1.82) is 0 Å². The van der Waals surface area contributed by atoms with Crippen LogP contribution in [0, 0.1) is 11.7 Å². The molecule has 2 rings (SSSR count). The number of benzene rings is 1. The van der Waals surface area contributed by atoms with Gasteiger partial charge in [0.05, 0.1) is 18.9 Å². The summed E-state index contributed by atoms with van der Waals surface area (Å²) < 4.78 is 39.8. The van der Waals surface area contributed by atoms with Crippen molar-refractivity contribution in [3.05, 3.63) is 40.4 Å². The molecule has 1 aromatic heterocycles. The van der Waals surface area contributed by atoms with Crippen molar-refractivity contribution in [2.75, 3.05) is 22.9 Å². The first-order valence-corrected chi connectivity index (χ1v) is 11.8. The van der Waals surface area contributed by atoms with Gasteiger partial charge in [0.15, 0.2) is 0 Å². The monoisotopic (exact) mass is 459 g/mol. The van der Waals surface area contributed by atoms with Gasteiger partial charge in [-0.25, -0.2) is 12.8 Å². The van der Waals surface area contributed by atoms with Crippen LogP contribution in [-0.4, -0.2) is 47.4 Å². The topological polar surface area (TPSA) is 117 Å². The summed E-state index contributed by atoms with van der Waals surface area (Å²) >= 11 is 5.82. The molecule has 0 saturated heterocycles. The van der Waals surface area contributed by atoms with Gasteiger partial charge in [-0.2, -0.15) is 15.0 Å². The van der Waals surface area contributed by atoms with Crippen LogP contribution in [0.1, 0.15) is 44.5 Å². The lowest BCUT2D eigenvalue weighted by Gasteiger charge is -2.19. The maximum atomic E-state index is 14.3. The summed E-state index contributed by atoms with van der Waals surface area (Å²) in [5, 5.41) is 12.9. The van der Waals surface area contributed by atoms with Crippen molar-refractivity contribution >= 4 is 33.5 Å². The van der Waals surface area contributed by atoms with E-state index in [1.165, 1.54) is 6.07 Å². The molecule has 0 bridgehead atoms. The molecule has 0 fully saturated rings. The molecule has 2 unspecified atom stereocenters. The van der Waals surface area contributed by atoms with E-state index in [1.54, 1.807) is 12.1 Å². The molecule has 0 aliphatic rings. The van der Waals surface area contributed by atoms with Crippen LogP contribution < -0.4 is 10.0 Å². The zero-order chi connectivity index (χ0) is 22.5. The van der Waals surface area contributed by atoms with E-state index in [2.05, 4.69) is 25.0 Å². The number of nitrogens with zero attached hydrogens (tertiary/aromatic N) is 3. The summed E-state index contributed by atoms with van der Waals surface area (Å²) in [6.07, 6.45) is 1.89. The number of rotatable bonds is 10.